The van der Waals surface area contributed by atoms with E-state index in [1.807, 2.05) is 0 Å². The van der Waals surface area contributed by atoms with Crippen molar-refractivity contribution in [1.82, 2.24) is 5.16 Å². The predicted molar refractivity (Wildman–Crippen MR) is 40.5 cm³/mol. The molecule has 0 aliphatic rings. The predicted octanol–water partition coefficient (Wildman–Crippen LogP) is 1.98. The Kier molecular flexibility index (Phi) is 1.46. The average Bonchev–Trinajstić information content (AvgIpc) is 2.54. The van der Waals surface area contributed by atoms with E-state index in [0.717, 1.165) is 0 Å². The van der Waals surface area contributed by atoms with Crippen molar-refractivity contribution >= 4 is 11.0 Å². The lowest BCUT2D eigenvalue weighted by atomic mass is 10.2. The highest BCUT2D eigenvalue weighted by atomic mass is 19.1. The molecule has 1 heterocycles. The summed E-state index contributed by atoms with van der Waals surface area (Å²) in [4.78, 5) is 0. The van der Waals surface area contributed by atoms with Crippen LogP contribution in [0.4, 0.5) is 4.39 Å². The van der Waals surface area contributed by atoms with Crippen LogP contribution in [0.15, 0.2) is 22.9 Å². The van der Waals surface area contributed by atoms with E-state index in [-0.39, 0.29) is 5.58 Å². The SMILES string of the molecule is COc1ccc(F)c2oncc12. The Hall–Kier alpha value is -1.58. The standard InChI is InChI=1S/C8H6FNO2/c1-11-7-3-2-6(9)8-5(7)4-10-12-8/h2-4H,1H3. The van der Waals surface area contributed by atoms with Gasteiger partial charge in [-0.2, -0.15) is 0 Å². The van der Waals surface area contributed by atoms with Crippen LogP contribution < -0.4 is 4.74 Å². The highest BCUT2D eigenvalue weighted by Gasteiger charge is 2.09. The molecular formula is C8H6FNO2. The van der Waals surface area contributed by atoms with Crippen LogP contribution in [-0.2, 0) is 0 Å². The molecule has 1 aromatic heterocycles. The molecule has 0 aliphatic carbocycles. The van der Waals surface area contributed by atoms with Gasteiger partial charge in [-0.1, -0.05) is 5.16 Å². The zero-order valence-corrected chi connectivity index (χ0v) is 6.37. The van der Waals surface area contributed by atoms with E-state index in [2.05, 4.69) is 9.68 Å². The molecule has 62 valence electrons. The number of methoxy groups -OCH3 is 1. The maximum atomic E-state index is 12.9. The van der Waals surface area contributed by atoms with Crippen LogP contribution in [0, 0.1) is 5.82 Å². The summed E-state index contributed by atoms with van der Waals surface area (Å²) in [6.07, 6.45) is 1.43. The third kappa shape index (κ3) is 0.845. The third-order valence-corrected chi connectivity index (χ3v) is 1.65. The van der Waals surface area contributed by atoms with E-state index >= 15 is 0 Å². The minimum absolute atomic E-state index is 0.134. The van der Waals surface area contributed by atoms with Crippen molar-refractivity contribution in [2.45, 2.75) is 0 Å². The summed E-state index contributed by atoms with van der Waals surface area (Å²) in [6, 6.07) is 2.82. The van der Waals surface area contributed by atoms with Crippen molar-refractivity contribution < 1.29 is 13.7 Å². The Morgan fingerprint density at radius 2 is 2.33 bits per heavy atom. The summed E-state index contributed by atoms with van der Waals surface area (Å²) in [5.74, 6) is 0.135. The second-order valence-corrected chi connectivity index (χ2v) is 2.32. The van der Waals surface area contributed by atoms with E-state index in [0.29, 0.717) is 11.1 Å². The van der Waals surface area contributed by atoms with Crippen LogP contribution in [0.25, 0.3) is 11.0 Å². The fraction of sp³-hybridized carbons (Fsp3) is 0.125. The smallest absolute Gasteiger partial charge is 0.206 e. The van der Waals surface area contributed by atoms with Crippen molar-refractivity contribution in [1.29, 1.82) is 0 Å². The monoisotopic (exact) mass is 167 g/mol. The molecule has 12 heavy (non-hydrogen) atoms. The number of halogens is 1. The molecule has 2 aromatic rings. The number of hydrogen-bond donors (Lipinski definition) is 0. The molecule has 0 saturated carbocycles. The summed E-state index contributed by atoms with van der Waals surface area (Å²) in [7, 11) is 1.51. The van der Waals surface area contributed by atoms with Gasteiger partial charge < -0.3 is 9.26 Å². The lowest BCUT2D eigenvalue weighted by Gasteiger charge is -1.98. The number of rotatable bonds is 1. The van der Waals surface area contributed by atoms with E-state index in [1.54, 1.807) is 0 Å². The molecule has 0 unspecified atom stereocenters. The number of hydrogen-bond acceptors (Lipinski definition) is 3. The van der Waals surface area contributed by atoms with Crippen LogP contribution in [0.1, 0.15) is 0 Å². The van der Waals surface area contributed by atoms with E-state index in [9.17, 15) is 4.39 Å². The van der Waals surface area contributed by atoms with Gasteiger partial charge in [0.2, 0.25) is 5.58 Å². The molecule has 0 N–H and O–H groups in total. The third-order valence-electron chi connectivity index (χ3n) is 1.65. The van der Waals surface area contributed by atoms with Gasteiger partial charge in [0, 0.05) is 0 Å². The maximum absolute atomic E-state index is 12.9. The number of aromatic nitrogens is 1. The Bertz CT molecular complexity index is 410. The molecule has 0 atom stereocenters. The second kappa shape index (κ2) is 2.48. The number of ether oxygens (including phenoxy) is 1. The molecule has 2 rings (SSSR count). The van der Waals surface area contributed by atoms with Gasteiger partial charge in [0.15, 0.2) is 5.82 Å². The first-order valence-corrected chi connectivity index (χ1v) is 3.40. The lowest BCUT2D eigenvalue weighted by molar-refractivity contribution is 0.417. The lowest BCUT2D eigenvalue weighted by Crippen LogP contribution is -1.84. The summed E-state index contributed by atoms with van der Waals surface area (Å²) in [5, 5.41) is 4.03. The number of nitrogens with zero attached hydrogens (tertiary/aromatic N) is 1. The quantitative estimate of drug-likeness (QED) is 0.651. The molecular weight excluding hydrogens is 161 g/mol. The fourth-order valence-corrected chi connectivity index (χ4v) is 1.08. The molecule has 0 amide bonds. The fourth-order valence-electron chi connectivity index (χ4n) is 1.08. The van der Waals surface area contributed by atoms with Crippen molar-refractivity contribution in [2.24, 2.45) is 0 Å². The zero-order valence-electron chi connectivity index (χ0n) is 6.37. The summed E-state index contributed by atoms with van der Waals surface area (Å²) in [5.41, 5.74) is 0.134. The summed E-state index contributed by atoms with van der Waals surface area (Å²) in [6.45, 7) is 0. The van der Waals surface area contributed by atoms with Gasteiger partial charge in [0.1, 0.15) is 5.75 Å². The van der Waals surface area contributed by atoms with E-state index in [1.165, 1.54) is 25.4 Å². The molecule has 3 nitrogen and oxygen atoms in total. The normalized spacial score (nSPS) is 10.5. The Labute approximate surface area is 67.7 Å². The minimum atomic E-state index is -0.428. The Morgan fingerprint density at radius 3 is 3.08 bits per heavy atom. The van der Waals surface area contributed by atoms with E-state index in [4.69, 9.17) is 4.74 Å². The largest absolute Gasteiger partial charge is 0.496 e. The van der Waals surface area contributed by atoms with Gasteiger partial charge in [-0.15, -0.1) is 0 Å². The molecule has 1 aromatic carbocycles. The van der Waals surface area contributed by atoms with Crippen LogP contribution >= 0.6 is 0 Å². The van der Waals surface area contributed by atoms with Gasteiger partial charge in [-0.05, 0) is 12.1 Å². The average molecular weight is 167 g/mol. The van der Waals surface area contributed by atoms with Gasteiger partial charge in [0.05, 0.1) is 18.7 Å². The van der Waals surface area contributed by atoms with Crippen LogP contribution in [0.3, 0.4) is 0 Å². The number of benzene rings is 1. The molecule has 0 saturated heterocycles. The second-order valence-electron chi connectivity index (χ2n) is 2.32. The zero-order chi connectivity index (χ0) is 8.55. The first kappa shape index (κ1) is 7.09. The van der Waals surface area contributed by atoms with E-state index < -0.39 is 5.82 Å². The van der Waals surface area contributed by atoms with Crippen LogP contribution in [0.5, 0.6) is 5.75 Å². The van der Waals surface area contributed by atoms with Gasteiger partial charge >= 0.3 is 0 Å². The van der Waals surface area contributed by atoms with Gasteiger partial charge in [0.25, 0.3) is 0 Å². The van der Waals surface area contributed by atoms with Crippen LogP contribution in [-0.4, -0.2) is 12.3 Å². The van der Waals surface area contributed by atoms with Gasteiger partial charge in [-0.25, -0.2) is 4.39 Å². The molecule has 0 bridgehead atoms. The van der Waals surface area contributed by atoms with Crippen molar-refractivity contribution in [3.05, 3.63) is 24.1 Å². The Balaban J connectivity index is 2.82. The molecule has 0 spiro atoms. The molecule has 0 radical (unpaired) electrons. The first-order chi connectivity index (χ1) is 5.83. The minimum Gasteiger partial charge on any atom is -0.496 e. The first-order valence-electron chi connectivity index (χ1n) is 3.40. The van der Waals surface area contributed by atoms with Crippen molar-refractivity contribution in [3.63, 3.8) is 0 Å². The number of fused-ring (bicyclic) bond motifs is 1. The summed E-state index contributed by atoms with van der Waals surface area (Å²) < 4.78 is 22.6. The van der Waals surface area contributed by atoms with Crippen molar-refractivity contribution in [3.8, 4) is 5.75 Å². The highest BCUT2D eigenvalue weighted by Crippen LogP contribution is 2.26. The summed E-state index contributed by atoms with van der Waals surface area (Å²) >= 11 is 0. The van der Waals surface area contributed by atoms with Gasteiger partial charge in [-0.3, -0.25) is 0 Å². The maximum Gasteiger partial charge on any atom is 0.206 e. The molecule has 0 fully saturated rings. The van der Waals surface area contributed by atoms with Crippen molar-refractivity contribution in [2.75, 3.05) is 7.11 Å². The van der Waals surface area contributed by atoms with Crippen LogP contribution in [0.2, 0.25) is 0 Å². The Morgan fingerprint density at radius 1 is 1.50 bits per heavy atom. The molecule has 4 heteroatoms. The topological polar surface area (TPSA) is 35.3 Å². The highest BCUT2D eigenvalue weighted by molar-refractivity contribution is 5.83. The molecule has 0 aliphatic heterocycles.